The molecule has 5 rings (SSSR count). The van der Waals surface area contributed by atoms with Crippen LogP contribution in [0.5, 0.6) is 0 Å². The molecule has 2 aromatic heterocycles. The summed E-state index contributed by atoms with van der Waals surface area (Å²) in [4.78, 5) is 21.2. The molecule has 1 aliphatic rings. The molecular weight excluding hydrogens is 444 g/mol. The Bertz CT molecular complexity index is 1210. The summed E-state index contributed by atoms with van der Waals surface area (Å²) < 4.78 is 5.48. The third-order valence-electron chi connectivity index (χ3n) is 6.28. The zero-order chi connectivity index (χ0) is 23.3. The predicted octanol–water partition coefficient (Wildman–Crippen LogP) is 5.22. The second-order valence-corrected chi connectivity index (χ2v) is 9.77. The van der Waals surface area contributed by atoms with Crippen LogP contribution in [-0.4, -0.2) is 34.0 Å². The summed E-state index contributed by atoms with van der Waals surface area (Å²) in [6, 6.07) is 22.3. The van der Waals surface area contributed by atoms with Crippen LogP contribution in [0.2, 0.25) is 0 Å². The van der Waals surface area contributed by atoms with E-state index in [1.807, 2.05) is 35.7 Å². The van der Waals surface area contributed by atoms with Crippen molar-refractivity contribution >= 4 is 17.2 Å². The molecule has 174 valence electrons. The van der Waals surface area contributed by atoms with Gasteiger partial charge in [-0.3, -0.25) is 9.69 Å². The maximum absolute atomic E-state index is 13.4. The molecule has 2 unspecified atom stereocenters. The zero-order valence-corrected chi connectivity index (χ0v) is 20.0. The summed E-state index contributed by atoms with van der Waals surface area (Å²) >= 11 is 1.59. The Hall–Kier alpha value is -3.29. The number of hydrogen-bond donors (Lipinski definition) is 1. The van der Waals surface area contributed by atoms with E-state index in [9.17, 15) is 4.79 Å². The number of nitrogens with zero attached hydrogens (tertiary/aromatic N) is 3. The van der Waals surface area contributed by atoms with Gasteiger partial charge < -0.3 is 9.84 Å². The highest BCUT2D eigenvalue weighted by molar-refractivity contribution is 7.13. The van der Waals surface area contributed by atoms with Crippen molar-refractivity contribution < 1.29 is 9.32 Å². The Kier molecular flexibility index (Phi) is 6.83. The Morgan fingerprint density at radius 2 is 1.91 bits per heavy atom. The van der Waals surface area contributed by atoms with Gasteiger partial charge in [-0.2, -0.15) is 4.98 Å². The molecule has 6 nitrogen and oxygen atoms in total. The van der Waals surface area contributed by atoms with Gasteiger partial charge in [-0.05, 0) is 48.9 Å². The van der Waals surface area contributed by atoms with Gasteiger partial charge in [0.15, 0.2) is 0 Å². The van der Waals surface area contributed by atoms with Crippen molar-refractivity contribution in [2.75, 3.05) is 13.1 Å². The number of thiophene rings is 1. The first kappa shape index (κ1) is 22.5. The summed E-state index contributed by atoms with van der Waals surface area (Å²) in [7, 11) is 0. The van der Waals surface area contributed by atoms with E-state index in [2.05, 4.69) is 63.7 Å². The molecule has 34 heavy (non-hydrogen) atoms. The van der Waals surface area contributed by atoms with Gasteiger partial charge in [0.1, 0.15) is 0 Å². The SMILES string of the molecule is Cc1ccc(C(NC(=O)C2CCCN(Cc3nc(-c4cccs4)no3)C2)c2ccccc2)cc1. The molecule has 1 N–H and O–H groups in total. The maximum Gasteiger partial charge on any atom is 0.241 e. The van der Waals surface area contributed by atoms with Crippen molar-refractivity contribution in [3.63, 3.8) is 0 Å². The minimum atomic E-state index is -0.172. The highest BCUT2D eigenvalue weighted by Gasteiger charge is 2.29. The molecule has 7 heteroatoms. The molecule has 4 aromatic rings. The standard InChI is InChI=1S/C27H28N4O2S/c1-19-11-13-21(14-12-19)25(20-7-3-2-4-8-20)29-27(32)22-9-5-15-31(17-22)18-24-28-26(30-33-24)23-10-6-16-34-23/h2-4,6-8,10-14,16,22,25H,5,9,15,17-18H2,1H3,(H,29,32). The normalized spacial score (nSPS) is 17.4. The maximum atomic E-state index is 13.4. The second kappa shape index (κ2) is 10.3. The Morgan fingerprint density at radius 3 is 2.68 bits per heavy atom. The van der Waals surface area contributed by atoms with Crippen LogP contribution in [0.1, 0.15) is 41.5 Å². The number of nitrogens with one attached hydrogen (secondary N) is 1. The van der Waals surface area contributed by atoms with Gasteiger partial charge in [0.25, 0.3) is 0 Å². The van der Waals surface area contributed by atoms with E-state index in [1.165, 1.54) is 5.56 Å². The van der Waals surface area contributed by atoms with Gasteiger partial charge in [0.05, 0.1) is 23.4 Å². The number of rotatable bonds is 7. The lowest BCUT2D eigenvalue weighted by Gasteiger charge is -2.32. The molecule has 0 saturated carbocycles. The largest absolute Gasteiger partial charge is 0.345 e. The number of benzene rings is 2. The number of piperidine rings is 1. The topological polar surface area (TPSA) is 71.3 Å². The van der Waals surface area contributed by atoms with Gasteiger partial charge in [-0.15, -0.1) is 11.3 Å². The lowest BCUT2D eigenvalue weighted by atomic mass is 9.94. The van der Waals surface area contributed by atoms with Gasteiger partial charge in [0, 0.05) is 6.54 Å². The van der Waals surface area contributed by atoms with Crippen LogP contribution in [0, 0.1) is 12.8 Å². The van der Waals surface area contributed by atoms with Crippen molar-refractivity contribution in [1.29, 1.82) is 0 Å². The molecular formula is C27H28N4O2S. The number of aryl methyl sites for hydroxylation is 1. The van der Waals surface area contributed by atoms with Crippen LogP contribution in [-0.2, 0) is 11.3 Å². The Balaban J connectivity index is 1.26. The van der Waals surface area contributed by atoms with Crippen molar-refractivity contribution in [3.8, 4) is 10.7 Å². The van der Waals surface area contributed by atoms with E-state index in [0.717, 1.165) is 35.4 Å². The summed E-state index contributed by atoms with van der Waals surface area (Å²) in [6.45, 7) is 4.23. The fraction of sp³-hybridized carbons (Fsp3) is 0.296. The van der Waals surface area contributed by atoms with Crippen LogP contribution >= 0.6 is 11.3 Å². The molecule has 0 aliphatic carbocycles. The number of likely N-dealkylation sites (tertiary alicyclic amines) is 1. The highest BCUT2D eigenvalue weighted by atomic mass is 32.1. The van der Waals surface area contributed by atoms with E-state index < -0.39 is 0 Å². The smallest absolute Gasteiger partial charge is 0.241 e. The van der Waals surface area contributed by atoms with Crippen LogP contribution < -0.4 is 5.32 Å². The van der Waals surface area contributed by atoms with Gasteiger partial charge in [0.2, 0.25) is 17.6 Å². The number of carbonyl (C=O) groups is 1. The van der Waals surface area contributed by atoms with Crippen LogP contribution in [0.4, 0.5) is 0 Å². The molecule has 0 spiro atoms. The van der Waals surface area contributed by atoms with Crippen LogP contribution in [0.25, 0.3) is 10.7 Å². The number of hydrogen-bond acceptors (Lipinski definition) is 6. The van der Waals surface area contributed by atoms with Crippen LogP contribution in [0.15, 0.2) is 76.6 Å². The van der Waals surface area contributed by atoms with Crippen molar-refractivity contribution in [3.05, 3.63) is 94.7 Å². The first-order valence-corrected chi connectivity index (χ1v) is 12.5. The molecule has 3 heterocycles. The number of carbonyl (C=O) groups excluding carboxylic acids is 1. The fourth-order valence-corrected chi connectivity index (χ4v) is 5.10. The minimum absolute atomic E-state index is 0.0786. The lowest BCUT2D eigenvalue weighted by Crippen LogP contribution is -2.43. The molecule has 1 fully saturated rings. The van der Waals surface area contributed by atoms with E-state index in [-0.39, 0.29) is 17.9 Å². The summed E-state index contributed by atoms with van der Waals surface area (Å²) in [6.07, 6.45) is 1.84. The van der Waals surface area contributed by atoms with Gasteiger partial charge in [-0.25, -0.2) is 0 Å². The van der Waals surface area contributed by atoms with Crippen molar-refractivity contribution in [2.45, 2.75) is 32.4 Å². The van der Waals surface area contributed by atoms with E-state index in [0.29, 0.717) is 24.8 Å². The average Bonchev–Trinajstić information content (AvgIpc) is 3.56. The van der Waals surface area contributed by atoms with Gasteiger partial charge >= 0.3 is 0 Å². The molecule has 0 radical (unpaired) electrons. The van der Waals surface area contributed by atoms with Crippen LogP contribution in [0.3, 0.4) is 0 Å². The number of amides is 1. The third-order valence-corrected chi connectivity index (χ3v) is 7.14. The van der Waals surface area contributed by atoms with E-state index in [1.54, 1.807) is 11.3 Å². The summed E-state index contributed by atoms with van der Waals surface area (Å²) in [5.41, 5.74) is 3.37. The molecule has 1 amide bonds. The Labute approximate surface area is 203 Å². The van der Waals surface area contributed by atoms with E-state index >= 15 is 0 Å². The quantitative estimate of drug-likeness (QED) is 0.399. The van der Waals surface area contributed by atoms with Crippen molar-refractivity contribution in [1.82, 2.24) is 20.4 Å². The molecule has 0 bridgehead atoms. The fourth-order valence-electron chi connectivity index (χ4n) is 4.45. The Morgan fingerprint density at radius 1 is 1.12 bits per heavy atom. The van der Waals surface area contributed by atoms with Gasteiger partial charge in [-0.1, -0.05) is 71.4 Å². The molecule has 1 aliphatic heterocycles. The minimum Gasteiger partial charge on any atom is -0.345 e. The average molecular weight is 473 g/mol. The molecule has 2 atom stereocenters. The zero-order valence-electron chi connectivity index (χ0n) is 19.2. The predicted molar refractivity (Wildman–Crippen MR) is 133 cm³/mol. The first-order chi connectivity index (χ1) is 16.7. The molecule has 1 saturated heterocycles. The van der Waals surface area contributed by atoms with E-state index in [4.69, 9.17) is 4.52 Å². The summed E-state index contributed by atoms with van der Waals surface area (Å²) in [5, 5.41) is 9.44. The van der Waals surface area contributed by atoms with Crippen molar-refractivity contribution in [2.24, 2.45) is 5.92 Å². The third kappa shape index (κ3) is 5.26. The molecule has 2 aromatic carbocycles. The first-order valence-electron chi connectivity index (χ1n) is 11.7. The summed E-state index contributed by atoms with van der Waals surface area (Å²) in [5.74, 6) is 1.22. The second-order valence-electron chi connectivity index (χ2n) is 8.83. The number of aromatic nitrogens is 2. The highest BCUT2D eigenvalue weighted by Crippen LogP contribution is 2.26. The lowest BCUT2D eigenvalue weighted by molar-refractivity contribution is -0.127. The monoisotopic (exact) mass is 472 g/mol.